The Kier molecular flexibility index (Phi) is 5.65. The van der Waals surface area contributed by atoms with E-state index in [1.807, 2.05) is 27.7 Å². The van der Waals surface area contributed by atoms with Crippen molar-refractivity contribution in [2.75, 3.05) is 12.9 Å². The lowest BCUT2D eigenvalue weighted by atomic mass is 9.83. The van der Waals surface area contributed by atoms with Gasteiger partial charge in [-0.3, -0.25) is 0 Å². The molecule has 1 aromatic rings. The fourth-order valence-corrected chi connectivity index (χ4v) is 3.91. The molecule has 114 valence electrons. The minimum atomic E-state index is -3.20. The number of rotatable bonds is 7. The zero-order valence-electron chi connectivity index (χ0n) is 12.9. The first-order chi connectivity index (χ1) is 9.16. The van der Waals surface area contributed by atoms with E-state index in [2.05, 4.69) is 9.97 Å². The Labute approximate surface area is 121 Å². The third kappa shape index (κ3) is 5.17. The number of hydrogen-bond acceptors (Lipinski definition) is 5. The van der Waals surface area contributed by atoms with Crippen molar-refractivity contribution in [3.8, 4) is 0 Å². The summed E-state index contributed by atoms with van der Waals surface area (Å²) in [4.78, 5) is 8.24. The number of aromatic nitrogens is 2. The van der Waals surface area contributed by atoms with Gasteiger partial charge in [-0.1, -0.05) is 27.7 Å². The van der Waals surface area contributed by atoms with Crippen LogP contribution in [0, 0.1) is 11.3 Å². The Morgan fingerprint density at radius 2 is 2.00 bits per heavy atom. The first-order valence-electron chi connectivity index (χ1n) is 6.66. The molecule has 0 aliphatic heterocycles. The molecular weight excluding hydrogens is 276 g/mol. The molecule has 0 spiro atoms. The minimum Gasteiger partial charge on any atom is -0.377 e. The van der Waals surface area contributed by atoms with Gasteiger partial charge in [-0.15, -0.1) is 0 Å². The molecule has 5 nitrogen and oxygen atoms in total. The lowest BCUT2D eigenvalue weighted by molar-refractivity contribution is 0.177. The normalized spacial score (nSPS) is 12.9. The summed E-state index contributed by atoms with van der Waals surface area (Å²) in [5, 5.41) is 0. The van der Waals surface area contributed by atoms with Crippen LogP contribution in [0.2, 0.25) is 0 Å². The summed E-state index contributed by atoms with van der Waals surface area (Å²) in [5.41, 5.74) is 0.271. The smallest absolute Gasteiger partial charge is 0.156 e. The molecule has 0 saturated heterocycles. The lowest BCUT2D eigenvalue weighted by Crippen LogP contribution is -2.30. The summed E-state index contributed by atoms with van der Waals surface area (Å²) >= 11 is 0. The van der Waals surface area contributed by atoms with E-state index in [-0.39, 0.29) is 23.5 Å². The van der Waals surface area contributed by atoms with Crippen LogP contribution in [-0.2, 0) is 26.9 Å². The summed E-state index contributed by atoms with van der Waals surface area (Å²) in [5.74, 6) is 0.902. The first kappa shape index (κ1) is 17.0. The number of ether oxygens (including phenoxy) is 1. The van der Waals surface area contributed by atoms with Crippen molar-refractivity contribution < 1.29 is 13.2 Å². The topological polar surface area (TPSA) is 69.2 Å². The van der Waals surface area contributed by atoms with Crippen molar-refractivity contribution >= 4 is 9.84 Å². The minimum absolute atomic E-state index is 0.0532. The molecule has 1 aromatic heterocycles. The second-order valence-electron chi connectivity index (χ2n) is 6.07. The Hall–Kier alpha value is -1.01. The standard InChI is InChI=1S/C14H24N2O3S/c1-11(2)14(3,4)10-20(17,18)9-12-6-7-15-13(16-12)8-19-5/h6-7,11H,8-10H2,1-5H3. The van der Waals surface area contributed by atoms with Gasteiger partial charge < -0.3 is 4.74 Å². The van der Waals surface area contributed by atoms with Crippen LogP contribution < -0.4 is 0 Å². The van der Waals surface area contributed by atoms with Crippen LogP contribution in [0.15, 0.2) is 12.3 Å². The van der Waals surface area contributed by atoms with Gasteiger partial charge >= 0.3 is 0 Å². The largest absolute Gasteiger partial charge is 0.377 e. The predicted molar refractivity (Wildman–Crippen MR) is 78.9 cm³/mol. The van der Waals surface area contributed by atoms with E-state index >= 15 is 0 Å². The maximum absolute atomic E-state index is 12.3. The molecule has 0 bridgehead atoms. The maximum atomic E-state index is 12.3. The van der Waals surface area contributed by atoms with Gasteiger partial charge in [-0.25, -0.2) is 18.4 Å². The summed E-state index contributed by atoms with van der Waals surface area (Å²) in [6.07, 6.45) is 1.57. The SMILES string of the molecule is COCc1nccc(CS(=O)(=O)CC(C)(C)C(C)C)n1. The molecule has 0 fully saturated rings. The van der Waals surface area contributed by atoms with Crippen LogP contribution in [0.3, 0.4) is 0 Å². The van der Waals surface area contributed by atoms with Crippen molar-refractivity contribution in [1.29, 1.82) is 0 Å². The first-order valence-corrected chi connectivity index (χ1v) is 8.48. The third-order valence-electron chi connectivity index (χ3n) is 3.56. The maximum Gasteiger partial charge on any atom is 0.156 e. The van der Waals surface area contributed by atoms with Crippen molar-refractivity contribution in [3.05, 3.63) is 23.8 Å². The van der Waals surface area contributed by atoms with E-state index in [9.17, 15) is 8.42 Å². The highest BCUT2D eigenvalue weighted by molar-refractivity contribution is 7.90. The summed E-state index contributed by atoms with van der Waals surface area (Å²) in [7, 11) is -1.65. The second-order valence-corrected chi connectivity index (χ2v) is 8.14. The monoisotopic (exact) mass is 300 g/mol. The van der Waals surface area contributed by atoms with Gasteiger partial charge in [0.25, 0.3) is 0 Å². The van der Waals surface area contributed by atoms with Crippen molar-refractivity contribution in [3.63, 3.8) is 0 Å². The molecular formula is C14H24N2O3S. The van der Waals surface area contributed by atoms with Crippen LogP contribution in [0.1, 0.15) is 39.2 Å². The zero-order chi connectivity index (χ0) is 15.4. The second kappa shape index (κ2) is 6.63. The van der Waals surface area contributed by atoms with E-state index in [0.29, 0.717) is 17.4 Å². The Morgan fingerprint density at radius 3 is 2.55 bits per heavy atom. The molecule has 0 aromatic carbocycles. The fourth-order valence-electron chi connectivity index (χ4n) is 1.73. The van der Waals surface area contributed by atoms with Gasteiger partial charge in [0.1, 0.15) is 6.61 Å². The number of hydrogen-bond donors (Lipinski definition) is 0. The number of nitrogens with zero attached hydrogens (tertiary/aromatic N) is 2. The molecule has 0 saturated carbocycles. The fraction of sp³-hybridized carbons (Fsp3) is 0.714. The molecule has 1 heterocycles. The molecule has 0 aliphatic rings. The van der Waals surface area contributed by atoms with E-state index < -0.39 is 9.84 Å². The average Bonchev–Trinajstić information content (AvgIpc) is 2.27. The van der Waals surface area contributed by atoms with Gasteiger partial charge in [0.05, 0.1) is 17.2 Å². The van der Waals surface area contributed by atoms with Gasteiger partial charge in [0.2, 0.25) is 0 Å². The van der Waals surface area contributed by atoms with Crippen LogP contribution >= 0.6 is 0 Å². The van der Waals surface area contributed by atoms with Gasteiger partial charge in [-0.2, -0.15) is 0 Å². The van der Waals surface area contributed by atoms with Gasteiger partial charge in [0, 0.05) is 13.3 Å². The molecule has 0 unspecified atom stereocenters. The van der Waals surface area contributed by atoms with E-state index in [0.717, 1.165) is 0 Å². The predicted octanol–water partition coefficient (Wildman–Crippen LogP) is 2.22. The molecule has 0 aliphatic carbocycles. The molecule has 0 N–H and O–H groups in total. The quantitative estimate of drug-likeness (QED) is 0.772. The van der Waals surface area contributed by atoms with Crippen molar-refractivity contribution in [2.24, 2.45) is 11.3 Å². The lowest BCUT2D eigenvalue weighted by Gasteiger charge is -2.28. The van der Waals surface area contributed by atoms with E-state index in [1.165, 1.54) is 0 Å². The highest BCUT2D eigenvalue weighted by atomic mass is 32.2. The Balaban J connectivity index is 2.83. The molecule has 0 atom stereocenters. The van der Waals surface area contributed by atoms with Gasteiger partial charge in [0.15, 0.2) is 15.7 Å². The zero-order valence-corrected chi connectivity index (χ0v) is 13.7. The van der Waals surface area contributed by atoms with Crippen LogP contribution in [0.4, 0.5) is 0 Å². The molecule has 20 heavy (non-hydrogen) atoms. The third-order valence-corrected chi connectivity index (χ3v) is 5.48. The summed E-state index contributed by atoms with van der Waals surface area (Å²) < 4.78 is 29.5. The van der Waals surface area contributed by atoms with Crippen molar-refractivity contribution in [2.45, 2.75) is 40.1 Å². The molecule has 0 radical (unpaired) electrons. The van der Waals surface area contributed by atoms with Crippen LogP contribution in [-0.4, -0.2) is 31.2 Å². The molecule has 0 amide bonds. The summed E-state index contributed by atoms with van der Waals surface area (Å²) in [6, 6.07) is 1.64. The Bertz CT molecular complexity index is 539. The molecule has 6 heteroatoms. The summed E-state index contributed by atoms with van der Waals surface area (Å²) in [6.45, 7) is 8.32. The Morgan fingerprint density at radius 1 is 1.35 bits per heavy atom. The van der Waals surface area contributed by atoms with Crippen LogP contribution in [0.25, 0.3) is 0 Å². The number of methoxy groups -OCH3 is 1. The highest BCUT2D eigenvalue weighted by Gasteiger charge is 2.29. The molecule has 1 rings (SSSR count). The number of sulfone groups is 1. The van der Waals surface area contributed by atoms with Crippen LogP contribution in [0.5, 0.6) is 0 Å². The van der Waals surface area contributed by atoms with Crippen molar-refractivity contribution in [1.82, 2.24) is 9.97 Å². The van der Waals surface area contributed by atoms with Gasteiger partial charge in [-0.05, 0) is 17.4 Å². The highest BCUT2D eigenvalue weighted by Crippen LogP contribution is 2.28. The van der Waals surface area contributed by atoms with E-state index in [4.69, 9.17) is 4.74 Å². The van der Waals surface area contributed by atoms with E-state index in [1.54, 1.807) is 19.4 Å². The average molecular weight is 300 g/mol.